The molecule has 5 rings (SSSR count). The van der Waals surface area contributed by atoms with E-state index in [-0.39, 0.29) is 35.7 Å². The zero-order valence-electron chi connectivity index (χ0n) is 21.5. The van der Waals surface area contributed by atoms with Gasteiger partial charge in [0.15, 0.2) is 0 Å². The van der Waals surface area contributed by atoms with Crippen molar-refractivity contribution in [1.29, 1.82) is 0 Å². The molecule has 0 saturated heterocycles. The molecule has 0 atom stereocenters. The molecule has 4 heteroatoms. The Morgan fingerprint density at radius 3 is 1.97 bits per heavy atom. The molecule has 0 aliphatic carbocycles. The average Bonchev–Trinajstić information content (AvgIpc) is 3.38. The van der Waals surface area contributed by atoms with Gasteiger partial charge in [0.25, 0.3) is 0 Å². The number of hydrogen-bond donors (Lipinski definition) is 0. The van der Waals surface area contributed by atoms with E-state index in [0.717, 1.165) is 0 Å². The largest absolute Gasteiger partial charge is 1.00 e. The van der Waals surface area contributed by atoms with Crippen molar-refractivity contribution in [1.82, 2.24) is 0 Å². The summed E-state index contributed by atoms with van der Waals surface area (Å²) in [5.74, 6) is 0. The number of benzene rings is 3. The van der Waals surface area contributed by atoms with Crippen molar-refractivity contribution in [2.24, 2.45) is 0 Å². The van der Waals surface area contributed by atoms with Gasteiger partial charge in [0.05, 0.1) is 0 Å². The predicted octanol–water partition coefficient (Wildman–Crippen LogP) is 3.18. The normalized spacial score (nSPS) is 10.3. The van der Waals surface area contributed by atoms with Gasteiger partial charge < -0.3 is 24.8 Å². The Morgan fingerprint density at radius 1 is 0.771 bits per heavy atom. The molecule has 0 bridgehead atoms. The molecule has 35 heavy (non-hydrogen) atoms. The number of aryl methyl sites for hydroxylation is 1. The minimum Gasteiger partial charge on any atom is -1.00 e. The van der Waals surface area contributed by atoms with Crippen molar-refractivity contribution in [3.05, 3.63) is 108 Å². The van der Waals surface area contributed by atoms with Crippen LogP contribution in [-0.4, -0.2) is 5.43 Å². The molecule has 0 aliphatic rings. The zero-order valence-corrected chi connectivity index (χ0v) is 26.5. The van der Waals surface area contributed by atoms with Crippen molar-refractivity contribution in [2.75, 3.05) is 0 Å². The van der Waals surface area contributed by atoms with E-state index in [4.69, 9.17) is 0 Å². The summed E-state index contributed by atoms with van der Waals surface area (Å²) in [6.45, 7) is 13.5. The Morgan fingerprint density at radius 2 is 1.37 bits per heavy atom. The summed E-state index contributed by atoms with van der Waals surface area (Å²) in [7, 11) is 0. The predicted molar refractivity (Wildman–Crippen MR) is 145 cm³/mol. The molecule has 0 unspecified atom stereocenters. The monoisotopic (exact) mass is 594 g/mol. The summed E-state index contributed by atoms with van der Waals surface area (Å²) in [6.07, 6.45) is 0. The molecule has 0 fully saturated rings. The van der Waals surface area contributed by atoms with Crippen molar-refractivity contribution in [3.63, 3.8) is 0 Å². The van der Waals surface area contributed by atoms with Gasteiger partial charge in [-0.05, 0) is 16.5 Å². The molecule has 0 saturated carbocycles. The van der Waals surface area contributed by atoms with Gasteiger partial charge in [-0.1, -0.05) is 69.7 Å². The number of rotatable bonds is 1. The van der Waals surface area contributed by atoms with Crippen molar-refractivity contribution in [3.8, 4) is 11.1 Å². The number of halogens is 2. The third-order valence-corrected chi connectivity index (χ3v) is 5.50. The molecule has 0 heterocycles. The van der Waals surface area contributed by atoms with E-state index >= 15 is 0 Å². The first-order valence-corrected chi connectivity index (χ1v) is 17.7. The van der Waals surface area contributed by atoms with Gasteiger partial charge in [-0.3, -0.25) is 0 Å². The van der Waals surface area contributed by atoms with E-state index in [2.05, 4.69) is 138 Å². The summed E-state index contributed by atoms with van der Waals surface area (Å²) < 4.78 is 0. The summed E-state index contributed by atoms with van der Waals surface area (Å²) in [5, 5.41) is 5.35. The maximum absolute atomic E-state index is 2.31. The number of fused-ring (bicyclic) bond motifs is 2. The molecule has 0 aromatic heterocycles. The van der Waals surface area contributed by atoms with Gasteiger partial charge >= 0.3 is 41.9 Å². The van der Waals surface area contributed by atoms with E-state index in [9.17, 15) is 0 Å². The van der Waals surface area contributed by atoms with E-state index in [1.165, 1.54) is 43.8 Å². The maximum Gasteiger partial charge on any atom is -0.0132 e. The second-order valence-corrected chi connectivity index (χ2v) is 19.2. The second kappa shape index (κ2) is 14.3. The SMILES string of the molecule is C[Si](C)=[Zr+2].Cc1cc2c(-c3ccc(C(C)(C)C)cc3)cccc2[cH-]1.[Cl-].[Cl-].c1ccc2[cH-]ccc2c1. The quantitative estimate of drug-likeness (QED) is 0.206. The van der Waals surface area contributed by atoms with Gasteiger partial charge in [0.1, 0.15) is 0 Å². The molecule has 0 amide bonds. The van der Waals surface area contributed by atoms with E-state index in [1.807, 2.05) is 0 Å². The third kappa shape index (κ3) is 9.18. The Kier molecular flexibility index (Phi) is 12.9. The second-order valence-electron chi connectivity index (χ2n) is 9.82. The Balaban J connectivity index is 0.000000341. The summed E-state index contributed by atoms with van der Waals surface area (Å²) >= 11 is 1.74. The molecular weight excluding hydrogens is 563 g/mol. The first kappa shape index (κ1) is 31.6. The fraction of sp³-hybridized carbons (Fsp3) is 0.226. The minimum absolute atomic E-state index is 0. The molecule has 0 N–H and O–H groups in total. The van der Waals surface area contributed by atoms with E-state index in [0.29, 0.717) is 0 Å². The average molecular weight is 597 g/mol. The van der Waals surface area contributed by atoms with Gasteiger partial charge in [-0.2, -0.15) is 23.6 Å². The van der Waals surface area contributed by atoms with Crippen LogP contribution in [0.2, 0.25) is 13.1 Å². The standard InChI is InChI=1S/C20H21.C9H7.C2H6Si.2ClH.Zr/c1-14-12-16-6-5-7-18(19(16)13-14)15-8-10-17(11-9-15)20(2,3)4;1-2-5-9-7-3-6-8(9)4-1;1-3-2;;;/h5-13H,1-4H3;1-7H;1-2H3;2*1H;/q2*-1;;;;+2/p-2. The Labute approximate surface area is 239 Å². The molecule has 0 aliphatic heterocycles. The molecule has 0 spiro atoms. The molecule has 0 radical (unpaired) electrons. The van der Waals surface area contributed by atoms with Crippen LogP contribution in [0.4, 0.5) is 0 Å². The van der Waals surface area contributed by atoms with Crippen molar-refractivity contribution >= 4 is 27.0 Å². The first-order valence-electron chi connectivity index (χ1n) is 11.5. The fourth-order valence-corrected chi connectivity index (χ4v) is 3.86. The fourth-order valence-electron chi connectivity index (χ4n) is 3.86. The third-order valence-electron chi connectivity index (χ3n) is 5.50. The zero-order chi connectivity index (χ0) is 24.0. The molecule has 182 valence electrons. The van der Waals surface area contributed by atoms with Crippen LogP contribution in [0.15, 0.2) is 97.1 Å². The van der Waals surface area contributed by atoms with Gasteiger partial charge in [0, 0.05) is 0 Å². The van der Waals surface area contributed by atoms with Crippen LogP contribution in [-0.2, 0) is 28.8 Å². The van der Waals surface area contributed by atoms with Gasteiger partial charge in [-0.25, -0.2) is 0 Å². The van der Waals surface area contributed by atoms with Crippen molar-refractivity contribution < 1.29 is 48.1 Å². The van der Waals surface area contributed by atoms with Gasteiger partial charge in [0.2, 0.25) is 0 Å². The first-order chi connectivity index (χ1) is 15.6. The Hall–Kier alpha value is -1.44. The van der Waals surface area contributed by atoms with Crippen LogP contribution in [0.5, 0.6) is 0 Å². The summed E-state index contributed by atoms with van der Waals surface area (Å²) in [4.78, 5) is 0. The summed E-state index contributed by atoms with van der Waals surface area (Å²) in [5.41, 5.74) is 5.76. The Bertz CT molecular complexity index is 1300. The minimum atomic E-state index is 0. The van der Waals surface area contributed by atoms with Crippen LogP contribution in [0.1, 0.15) is 31.9 Å². The molecular formula is C31H34Cl2SiZr-2. The van der Waals surface area contributed by atoms with E-state index < -0.39 is 0 Å². The topological polar surface area (TPSA) is 0 Å². The van der Waals surface area contributed by atoms with Crippen LogP contribution in [0, 0.1) is 6.92 Å². The van der Waals surface area contributed by atoms with E-state index in [1.54, 1.807) is 23.3 Å². The van der Waals surface area contributed by atoms with Gasteiger partial charge in [-0.15, -0.1) is 64.2 Å². The smallest absolute Gasteiger partial charge is 0.0132 e. The molecule has 5 aromatic rings. The van der Waals surface area contributed by atoms with Crippen LogP contribution in [0.25, 0.3) is 32.7 Å². The summed E-state index contributed by atoms with van der Waals surface area (Å²) in [6, 6.07) is 34.8. The van der Waals surface area contributed by atoms with Crippen molar-refractivity contribution in [2.45, 2.75) is 46.2 Å². The molecule has 5 aromatic carbocycles. The number of hydrogen-bond acceptors (Lipinski definition) is 0. The van der Waals surface area contributed by atoms with Crippen LogP contribution < -0.4 is 24.8 Å². The maximum atomic E-state index is 2.31. The molecule has 0 nitrogen and oxygen atoms in total. The van der Waals surface area contributed by atoms with Crippen LogP contribution in [0.3, 0.4) is 0 Å². The van der Waals surface area contributed by atoms with Crippen LogP contribution >= 0.6 is 0 Å².